The van der Waals surface area contributed by atoms with E-state index >= 15 is 0 Å². The Balaban J connectivity index is 1.67. The molecule has 2 amide bonds. The third-order valence-corrected chi connectivity index (χ3v) is 4.94. The van der Waals surface area contributed by atoms with Crippen molar-refractivity contribution in [2.24, 2.45) is 0 Å². The molecule has 1 aliphatic heterocycles. The fourth-order valence-corrected chi connectivity index (χ4v) is 3.64. The Morgan fingerprint density at radius 3 is 2.55 bits per heavy atom. The van der Waals surface area contributed by atoms with E-state index in [9.17, 15) is 22.8 Å². The molecule has 4 rings (SSSR count). The summed E-state index contributed by atoms with van der Waals surface area (Å²) in [5.41, 5.74) is 0.289. The van der Waals surface area contributed by atoms with Crippen LogP contribution >= 0.6 is 0 Å². The van der Waals surface area contributed by atoms with Crippen molar-refractivity contribution in [1.29, 1.82) is 0 Å². The minimum absolute atomic E-state index is 0.232. The first-order chi connectivity index (χ1) is 13.8. The van der Waals surface area contributed by atoms with E-state index in [4.69, 9.17) is 0 Å². The van der Waals surface area contributed by atoms with Crippen LogP contribution in [0.15, 0.2) is 48.5 Å². The van der Waals surface area contributed by atoms with Gasteiger partial charge in [0.2, 0.25) is 5.91 Å². The first kappa shape index (κ1) is 19.0. The number of aromatic amines is 1. The van der Waals surface area contributed by atoms with E-state index in [1.807, 2.05) is 35.8 Å². The van der Waals surface area contributed by atoms with Crippen molar-refractivity contribution in [3.63, 3.8) is 0 Å². The number of fused-ring (bicyclic) bond motifs is 1. The zero-order chi connectivity index (χ0) is 20.8. The number of aryl methyl sites for hydroxylation is 1. The average Bonchev–Trinajstić information content (AvgIpc) is 3.17. The molecule has 0 aliphatic carbocycles. The van der Waals surface area contributed by atoms with Crippen molar-refractivity contribution in [2.75, 3.05) is 10.2 Å². The molecular formula is C20H18F3N4O2+. The van der Waals surface area contributed by atoms with Crippen LogP contribution < -0.4 is 14.8 Å². The maximum Gasteiger partial charge on any atom is 0.418 e. The molecule has 1 unspecified atom stereocenters. The number of H-pyrrole nitrogens is 1. The number of alkyl halides is 3. The summed E-state index contributed by atoms with van der Waals surface area (Å²) in [4.78, 5) is 29.1. The van der Waals surface area contributed by atoms with Crippen LogP contribution in [-0.2, 0) is 22.3 Å². The second-order valence-corrected chi connectivity index (χ2v) is 6.72. The summed E-state index contributed by atoms with van der Waals surface area (Å²) in [7, 11) is 0. The molecule has 2 aromatic carbocycles. The molecule has 2 N–H and O–H groups in total. The van der Waals surface area contributed by atoms with Gasteiger partial charge < -0.3 is 0 Å². The number of aromatic nitrogens is 2. The van der Waals surface area contributed by atoms with Crippen LogP contribution in [0.2, 0.25) is 0 Å². The number of para-hydroxylation sites is 3. The number of imide groups is 1. The third kappa shape index (κ3) is 3.22. The standard InChI is InChI=1S/C20H17F3N4O2/c1-2-26-16-10-6-4-8-13(16)24-19(26)25-14-11-17(28)27(18(14)29)15-9-5-3-7-12(15)20(21,22)23/h3-10,14H,2,11H2,1H3,(H,24,25)/p+1. The van der Waals surface area contributed by atoms with Gasteiger partial charge in [0.1, 0.15) is 11.0 Å². The van der Waals surface area contributed by atoms with Crippen LogP contribution in [0, 0.1) is 0 Å². The Hall–Kier alpha value is -3.36. The summed E-state index contributed by atoms with van der Waals surface area (Å²) in [6.45, 7) is 2.53. The van der Waals surface area contributed by atoms with Gasteiger partial charge in [-0.2, -0.15) is 13.2 Å². The van der Waals surface area contributed by atoms with E-state index in [1.165, 1.54) is 12.1 Å². The van der Waals surface area contributed by atoms with Gasteiger partial charge >= 0.3 is 12.1 Å². The number of benzene rings is 2. The fourth-order valence-electron chi connectivity index (χ4n) is 3.64. The number of carbonyl (C=O) groups excluding carboxylic acids is 2. The number of hydrogen-bond acceptors (Lipinski definition) is 3. The van der Waals surface area contributed by atoms with E-state index in [-0.39, 0.29) is 6.42 Å². The molecule has 0 bridgehead atoms. The quantitative estimate of drug-likeness (QED) is 0.519. The fraction of sp³-hybridized carbons (Fsp3) is 0.250. The second-order valence-electron chi connectivity index (χ2n) is 6.72. The molecule has 150 valence electrons. The van der Waals surface area contributed by atoms with Crippen molar-refractivity contribution in [3.8, 4) is 0 Å². The monoisotopic (exact) mass is 403 g/mol. The molecule has 1 aromatic heterocycles. The van der Waals surface area contributed by atoms with Gasteiger partial charge in [0, 0.05) is 0 Å². The average molecular weight is 403 g/mol. The SMILES string of the molecule is CC[n+]1c(NC2CC(=O)N(c3ccccc3C(F)(F)F)C2=O)[nH]c2ccccc21. The van der Waals surface area contributed by atoms with Crippen LogP contribution in [0.5, 0.6) is 0 Å². The van der Waals surface area contributed by atoms with Crippen LogP contribution in [0.25, 0.3) is 11.0 Å². The molecule has 9 heteroatoms. The number of nitrogens with zero attached hydrogens (tertiary/aromatic N) is 2. The number of nitrogens with one attached hydrogen (secondary N) is 2. The Kier molecular flexibility index (Phi) is 4.52. The van der Waals surface area contributed by atoms with Gasteiger partial charge in [-0.1, -0.05) is 24.3 Å². The smallest absolute Gasteiger partial charge is 0.274 e. The van der Waals surface area contributed by atoms with Crippen molar-refractivity contribution >= 4 is 34.5 Å². The third-order valence-electron chi connectivity index (χ3n) is 4.94. The first-order valence-electron chi connectivity index (χ1n) is 9.11. The molecule has 29 heavy (non-hydrogen) atoms. The van der Waals surface area contributed by atoms with E-state index in [0.29, 0.717) is 17.4 Å². The number of rotatable bonds is 4. The molecule has 0 radical (unpaired) electrons. The van der Waals surface area contributed by atoms with Gasteiger partial charge in [0.25, 0.3) is 5.91 Å². The van der Waals surface area contributed by atoms with Crippen molar-refractivity contribution < 1.29 is 27.3 Å². The van der Waals surface area contributed by atoms with Gasteiger partial charge in [-0.3, -0.25) is 14.9 Å². The highest BCUT2D eigenvalue weighted by Gasteiger charge is 2.46. The highest BCUT2D eigenvalue weighted by Crippen LogP contribution is 2.38. The number of carbonyl (C=O) groups is 2. The molecule has 1 aliphatic rings. The van der Waals surface area contributed by atoms with Gasteiger partial charge in [0.15, 0.2) is 6.04 Å². The first-order valence-corrected chi connectivity index (χ1v) is 9.11. The molecule has 0 saturated carbocycles. The summed E-state index contributed by atoms with van der Waals surface area (Å²) < 4.78 is 41.9. The van der Waals surface area contributed by atoms with Crippen LogP contribution in [-0.4, -0.2) is 22.8 Å². The molecule has 6 nitrogen and oxygen atoms in total. The molecule has 1 atom stereocenters. The molecule has 1 fully saturated rings. The van der Waals surface area contributed by atoms with Gasteiger partial charge in [0.05, 0.1) is 24.2 Å². The molecule has 3 aromatic rings. The summed E-state index contributed by atoms with van der Waals surface area (Å²) in [5.74, 6) is -0.873. The van der Waals surface area contributed by atoms with Crippen molar-refractivity contribution in [3.05, 3.63) is 54.1 Å². The van der Waals surface area contributed by atoms with Crippen LogP contribution in [0.3, 0.4) is 0 Å². The maximum absolute atomic E-state index is 13.3. The van der Waals surface area contributed by atoms with Gasteiger partial charge in [-0.25, -0.2) is 14.5 Å². The predicted molar refractivity (Wildman–Crippen MR) is 100 cm³/mol. The van der Waals surface area contributed by atoms with E-state index in [1.54, 1.807) is 0 Å². The second kappa shape index (κ2) is 6.91. The topological polar surface area (TPSA) is 69.1 Å². The molecule has 0 spiro atoms. The Morgan fingerprint density at radius 1 is 1.14 bits per heavy atom. The lowest BCUT2D eigenvalue weighted by Crippen LogP contribution is -2.40. The van der Waals surface area contributed by atoms with Gasteiger partial charge in [-0.15, -0.1) is 0 Å². The van der Waals surface area contributed by atoms with Crippen molar-refractivity contribution in [1.82, 2.24) is 4.98 Å². The Bertz CT molecular complexity index is 1110. The maximum atomic E-state index is 13.3. The van der Waals surface area contributed by atoms with Gasteiger partial charge in [-0.05, 0) is 31.2 Å². The summed E-state index contributed by atoms with van der Waals surface area (Å²) in [6.07, 6.45) is -4.91. The minimum Gasteiger partial charge on any atom is -0.274 e. The zero-order valence-corrected chi connectivity index (χ0v) is 15.5. The van der Waals surface area contributed by atoms with E-state index in [2.05, 4.69) is 10.3 Å². The normalized spacial score (nSPS) is 17.4. The number of amides is 2. The van der Waals surface area contributed by atoms with E-state index in [0.717, 1.165) is 23.2 Å². The summed E-state index contributed by atoms with van der Waals surface area (Å²) in [6, 6.07) is 11.2. The number of halogens is 3. The minimum atomic E-state index is -4.68. The number of imidazole rings is 1. The Morgan fingerprint density at radius 2 is 1.83 bits per heavy atom. The summed E-state index contributed by atoms with van der Waals surface area (Å²) >= 11 is 0. The number of anilines is 2. The van der Waals surface area contributed by atoms with E-state index < -0.39 is 35.3 Å². The van der Waals surface area contributed by atoms with Crippen LogP contribution in [0.1, 0.15) is 18.9 Å². The Labute approximate surface area is 163 Å². The largest absolute Gasteiger partial charge is 0.418 e. The number of hydrogen-bond donors (Lipinski definition) is 2. The highest BCUT2D eigenvalue weighted by molar-refractivity contribution is 6.23. The lowest BCUT2D eigenvalue weighted by molar-refractivity contribution is -0.653. The predicted octanol–water partition coefficient (Wildman–Crippen LogP) is 3.24. The zero-order valence-electron chi connectivity index (χ0n) is 15.5. The molecule has 2 heterocycles. The lowest BCUT2D eigenvalue weighted by Gasteiger charge is -2.19. The lowest BCUT2D eigenvalue weighted by atomic mass is 10.1. The highest BCUT2D eigenvalue weighted by atomic mass is 19.4. The molecular weight excluding hydrogens is 385 g/mol. The summed E-state index contributed by atoms with van der Waals surface area (Å²) in [5, 5.41) is 3.00. The van der Waals surface area contributed by atoms with Crippen LogP contribution in [0.4, 0.5) is 24.8 Å². The molecule has 1 saturated heterocycles. The van der Waals surface area contributed by atoms with Crippen molar-refractivity contribution in [2.45, 2.75) is 32.1 Å².